The summed E-state index contributed by atoms with van der Waals surface area (Å²) in [6.07, 6.45) is 5.86. The van der Waals surface area contributed by atoms with Crippen molar-refractivity contribution in [3.05, 3.63) is 18.2 Å². The number of H-pyrrole nitrogens is 1. The van der Waals surface area contributed by atoms with Gasteiger partial charge in [0.25, 0.3) is 0 Å². The fourth-order valence-corrected chi connectivity index (χ4v) is 0.671. The van der Waals surface area contributed by atoms with Gasteiger partial charge in [0.1, 0.15) is 5.82 Å². The van der Waals surface area contributed by atoms with Crippen LogP contribution >= 0.6 is 0 Å². The number of imidazole rings is 1. The molecule has 2 nitrogen and oxygen atoms in total. The number of hydrogen-bond donors (Lipinski definition) is 1. The quantitative estimate of drug-likeness (QED) is 0.743. The summed E-state index contributed by atoms with van der Waals surface area (Å²) >= 11 is 0. The zero-order chi connectivity index (χ0) is 5.82. The van der Waals surface area contributed by atoms with E-state index in [1.165, 1.54) is 0 Å². The largest absolute Gasteiger partial charge is 0.349 e. The average Bonchev–Trinajstić information content (AvgIpc) is 2.19. The van der Waals surface area contributed by atoms with Gasteiger partial charge in [-0.25, -0.2) is 4.98 Å². The van der Waals surface area contributed by atoms with Gasteiger partial charge in [-0.15, -0.1) is 0 Å². The molecule has 0 atom stereocenters. The first-order valence-corrected chi connectivity index (χ1v) is 2.91. The zero-order valence-corrected chi connectivity index (χ0v) is 6.89. The van der Waals surface area contributed by atoms with Gasteiger partial charge in [0.05, 0.1) is 0 Å². The summed E-state index contributed by atoms with van der Waals surface area (Å²) in [5.41, 5.74) is 0. The summed E-state index contributed by atoms with van der Waals surface area (Å²) < 4.78 is 0. The molecule has 0 aromatic carbocycles. The van der Waals surface area contributed by atoms with Crippen molar-refractivity contribution in [3.8, 4) is 0 Å². The van der Waals surface area contributed by atoms with Crippen molar-refractivity contribution in [1.82, 2.24) is 9.97 Å². The predicted molar refractivity (Wildman–Crippen MR) is 32.6 cm³/mol. The maximum Gasteiger partial charge on any atom is 0.105 e. The van der Waals surface area contributed by atoms with Crippen LogP contribution in [0.2, 0.25) is 0 Å². The molecule has 9 heavy (non-hydrogen) atoms. The van der Waals surface area contributed by atoms with Gasteiger partial charge in [0.2, 0.25) is 0 Å². The molecule has 0 unspecified atom stereocenters. The number of hydrogen-bond acceptors (Lipinski definition) is 1. The van der Waals surface area contributed by atoms with Crippen LogP contribution < -0.4 is 0 Å². The summed E-state index contributed by atoms with van der Waals surface area (Å²) in [5.74, 6) is 1.09. The topological polar surface area (TPSA) is 28.7 Å². The molecule has 0 aliphatic rings. The van der Waals surface area contributed by atoms with Crippen molar-refractivity contribution in [3.63, 3.8) is 0 Å². The molecule has 0 bridgehead atoms. The molecule has 0 saturated carbocycles. The Bertz CT molecular complexity index is 137. The molecule has 1 N–H and O–H groups in total. The second-order valence-electron chi connectivity index (χ2n) is 1.79. The van der Waals surface area contributed by atoms with Gasteiger partial charge < -0.3 is 4.98 Å². The van der Waals surface area contributed by atoms with Gasteiger partial charge in [0.15, 0.2) is 0 Å². The summed E-state index contributed by atoms with van der Waals surface area (Å²) in [6.45, 7) is 2.14. The molecule has 54 valence electrons. The van der Waals surface area contributed by atoms with Crippen LogP contribution in [0, 0.1) is 0 Å². The second-order valence-corrected chi connectivity index (χ2v) is 1.79. The number of aryl methyl sites for hydroxylation is 1. The molecule has 0 saturated heterocycles. The van der Waals surface area contributed by atoms with E-state index in [1.807, 2.05) is 6.20 Å². The van der Waals surface area contributed by atoms with E-state index in [-0.39, 0.29) is 20.4 Å². The molecule has 1 aromatic rings. The van der Waals surface area contributed by atoms with Crippen molar-refractivity contribution >= 4 is 0 Å². The summed E-state index contributed by atoms with van der Waals surface area (Å²) in [6, 6.07) is 0. The molecular formula is C6H10N2Pd. The minimum Gasteiger partial charge on any atom is -0.349 e. The summed E-state index contributed by atoms with van der Waals surface area (Å²) in [4.78, 5) is 7.08. The molecule has 3 heteroatoms. The van der Waals surface area contributed by atoms with E-state index < -0.39 is 0 Å². The third-order valence-corrected chi connectivity index (χ3v) is 1.04. The first kappa shape index (κ1) is 8.87. The Kier molecular flexibility index (Phi) is 4.66. The Balaban J connectivity index is 0.000000640. The normalized spacial score (nSPS) is 8.56. The standard InChI is InChI=1S/C6H10N2.Pd/c1-2-3-6-7-4-5-8-6;/h4-5H,2-3H2,1H3,(H,7,8);. The van der Waals surface area contributed by atoms with E-state index >= 15 is 0 Å². The first-order valence-electron chi connectivity index (χ1n) is 2.91. The van der Waals surface area contributed by atoms with Crippen LogP contribution in [-0.4, -0.2) is 9.97 Å². The fourth-order valence-electron chi connectivity index (χ4n) is 0.671. The Hall–Kier alpha value is -0.128. The minimum absolute atomic E-state index is 0. The zero-order valence-electron chi connectivity index (χ0n) is 5.33. The van der Waals surface area contributed by atoms with Crippen molar-refractivity contribution in [2.75, 3.05) is 0 Å². The molecule has 0 aliphatic heterocycles. The SMILES string of the molecule is CCCc1ncc[nH]1.[Pd]. The van der Waals surface area contributed by atoms with E-state index in [2.05, 4.69) is 16.9 Å². The van der Waals surface area contributed by atoms with E-state index in [0.29, 0.717) is 0 Å². The maximum absolute atomic E-state index is 4.05. The molecule has 0 amide bonds. The van der Waals surface area contributed by atoms with Crippen LogP contribution in [0.3, 0.4) is 0 Å². The van der Waals surface area contributed by atoms with Gasteiger partial charge in [-0.05, 0) is 6.42 Å². The van der Waals surface area contributed by atoms with Gasteiger partial charge in [-0.2, -0.15) is 0 Å². The average molecular weight is 217 g/mol. The molecule has 1 rings (SSSR count). The molecule has 0 spiro atoms. The second kappa shape index (κ2) is 4.72. The van der Waals surface area contributed by atoms with Gasteiger partial charge >= 0.3 is 0 Å². The third kappa shape index (κ3) is 2.79. The van der Waals surface area contributed by atoms with Crippen LogP contribution in [0.4, 0.5) is 0 Å². The van der Waals surface area contributed by atoms with Gasteiger partial charge in [-0.3, -0.25) is 0 Å². The third-order valence-electron chi connectivity index (χ3n) is 1.04. The molecule has 1 aromatic heterocycles. The monoisotopic (exact) mass is 216 g/mol. The molecule has 0 fully saturated rings. The van der Waals surface area contributed by atoms with Crippen molar-refractivity contribution in [2.24, 2.45) is 0 Å². The van der Waals surface area contributed by atoms with Crippen molar-refractivity contribution in [2.45, 2.75) is 19.8 Å². The fraction of sp³-hybridized carbons (Fsp3) is 0.500. The van der Waals surface area contributed by atoms with E-state index in [4.69, 9.17) is 0 Å². The number of aromatic nitrogens is 2. The van der Waals surface area contributed by atoms with Crippen molar-refractivity contribution in [1.29, 1.82) is 0 Å². The number of nitrogens with one attached hydrogen (secondary N) is 1. The van der Waals surface area contributed by atoms with E-state index in [9.17, 15) is 0 Å². The maximum atomic E-state index is 4.05. The van der Waals surface area contributed by atoms with E-state index in [0.717, 1.165) is 18.7 Å². The molecule has 0 radical (unpaired) electrons. The van der Waals surface area contributed by atoms with Crippen molar-refractivity contribution < 1.29 is 20.4 Å². The Labute approximate surface area is 68.7 Å². The minimum atomic E-state index is 0. The predicted octanol–water partition coefficient (Wildman–Crippen LogP) is 1.36. The summed E-state index contributed by atoms with van der Waals surface area (Å²) in [7, 11) is 0. The van der Waals surface area contributed by atoms with Crippen LogP contribution in [-0.2, 0) is 26.8 Å². The van der Waals surface area contributed by atoms with Crippen LogP contribution in [0.15, 0.2) is 12.4 Å². The molecular weight excluding hydrogens is 206 g/mol. The number of nitrogens with zero attached hydrogens (tertiary/aromatic N) is 1. The van der Waals surface area contributed by atoms with Crippen LogP contribution in [0.25, 0.3) is 0 Å². The van der Waals surface area contributed by atoms with E-state index in [1.54, 1.807) is 6.20 Å². The molecule has 0 aliphatic carbocycles. The first-order chi connectivity index (χ1) is 3.93. The van der Waals surface area contributed by atoms with Crippen LogP contribution in [0.1, 0.15) is 19.2 Å². The Morgan fingerprint density at radius 2 is 2.44 bits per heavy atom. The number of aromatic amines is 1. The van der Waals surface area contributed by atoms with Gasteiger partial charge in [-0.1, -0.05) is 6.92 Å². The summed E-state index contributed by atoms with van der Waals surface area (Å²) in [5, 5.41) is 0. The Morgan fingerprint density at radius 3 is 2.89 bits per heavy atom. The Morgan fingerprint density at radius 1 is 1.67 bits per heavy atom. The number of rotatable bonds is 2. The van der Waals surface area contributed by atoms with Gasteiger partial charge in [0, 0.05) is 39.2 Å². The van der Waals surface area contributed by atoms with Crippen LogP contribution in [0.5, 0.6) is 0 Å². The smallest absolute Gasteiger partial charge is 0.105 e. The molecule has 1 heterocycles.